The average Bonchev–Trinajstić information content (AvgIpc) is 2.91. The Bertz CT molecular complexity index is 559. The summed E-state index contributed by atoms with van der Waals surface area (Å²) in [5.74, 6) is 0.806. The van der Waals surface area contributed by atoms with Crippen molar-refractivity contribution < 1.29 is 4.74 Å². The molecular formula is C14H18ClN3OS. The number of benzene rings is 1. The Morgan fingerprint density at radius 1 is 1.35 bits per heavy atom. The van der Waals surface area contributed by atoms with E-state index in [-0.39, 0.29) is 0 Å². The third kappa shape index (κ3) is 3.84. The van der Waals surface area contributed by atoms with Gasteiger partial charge < -0.3 is 10.1 Å². The quantitative estimate of drug-likeness (QED) is 0.834. The maximum Gasteiger partial charge on any atom is 0.136 e. The van der Waals surface area contributed by atoms with Gasteiger partial charge in [0.05, 0.1) is 0 Å². The van der Waals surface area contributed by atoms with Crippen molar-refractivity contribution in [2.45, 2.75) is 33.3 Å². The first-order chi connectivity index (χ1) is 9.74. The SMILES string of the molecule is CCCNc1snnc1COc1ccc(Cl)c(CC)c1. The zero-order valence-electron chi connectivity index (χ0n) is 11.6. The molecule has 0 aliphatic rings. The van der Waals surface area contributed by atoms with Crippen molar-refractivity contribution in [1.29, 1.82) is 0 Å². The Morgan fingerprint density at radius 3 is 2.95 bits per heavy atom. The Kier molecular flexibility index (Phi) is 5.61. The number of rotatable bonds is 7. The number of nitrogens with one attached hydrogen (secondary N) is 1. The van der Waals surface area contributed by atoms with Gasteiger partial charge in [-0.15, -0.1) is 5.10 Å². The standard InChI is InChI=1S/C14H18ClN3OS/c1-3-7-16-14-13(17-18-20-14)9-19-11-5-6-12(15)10(4-2)8-11/h5-6,8,16H,3-4,7,9H2,1-2H3. The largest absolute Gasteiger partial charge is 0.487 e. The summed E-state index contributed by atoms with van der Waals surface area (Å²) in [6, 6.07) is 5.72. The Labute approximate surface area is 128 Å². The molecule has 4 nitrogen and oxygen atoms in total. The number of aromatic nitrogens is 2. The molecule has 0 fully saturated rings. The first kappa shape index (κ1) is 15.1. The molecule has 0 aliphatic heterocycles. The van der Waals surface area contributed by atoms with Gasteiger partial charge in [-0.2, -0.15) is 0 Å². The fourth-order valence-corrected chi connectivity index (χ4v) is 2.58. The van der Waals surface area contributed by atoms with E-state index >= 15 is 0 Å². The number of anilines is 1. The van der Waals surface area contributed by atoms with Crippen LogP contribution in [0.2, 0.25) is 5.02 Å². The second kappa shape index (κ2) is 7.45. The van der Waals surface area contributed by atoms with Crippen LogP contribution >= 0.6 is 23.1 Å². The summed E-state index contributed by atoms with van der Waals surface area (Å²) in [6.45, 7) is 5.52. The summed E-state index contributed by atoms with van der Waals surface area (Å²) >= 11 is 7.45. The molecule has 0 unspecified atom stereocenters. The van der Waals surface area contributed by atoms with Gasteiger partial charge in [-0.25, -0.2) is 0 Å². The van der Waals surface area contributed by atoms with Gasteiger partial charge in [0.2, 0.25) is 0 Å². The molecule has 0 aliphatic carbocycles. The van der Waals surface area contributed by atoms with Gasteiger partial charge in [0.1, 0.15) is 23.1 Å². The molecule has 1 aromatic heterocycles. The molecule has 0 saturated heterocycles. The monoisotopic (exact) mass is 311 g/mol. The molecule has 0 amide bonds. The highest BCUT2D eigenvalue weighted by Crippen LogP contribution is 2.24. The third-order valence-corrected chi connectivity index (χ3v) is 3.96. The van der Waals surface area contributed by atoms with Crippen molar-refractivity contribution in [3.05, 3.63) is 34.5 Å². The van der Waals surface area contributed by atoms with Crippen LogP contribution in [-0.2, 0) is 13.0 Å². The van der Waals surface area contributed by atoms with Crippen LogP contribution in [0.5, 0.6) is 5.75 Å². The van der Waals surface area contributed by atoms with Crippen LogP contribution in [0.25, 0.3) is 0 Å². The summed E-state index contributed by atoms with van der Waals surface area (Å²) in [4.78, 5) is 0. The fraction of sp³-hybridized carbons (Fsp3) is 0.429. The van der Waals surface area contributed by atoms with Gasteiger partial charge in [-0.1, -0.05) is 29.9 Å². The molecule has 1 N–H and O–H groups in total. The van der Waals surface area contributed by atoms with Gasteiger partial charge >= 0.3 is 0 Å². The lowest BCUT2D eigenvalue weighted by Gasteiger charge is -2.08. The molecule has 2 rings (SSSR count). The summed E-state index contributed by atoms with van der Waals surface area (Å²) in [6.07, 6.45) is 1.95. The number of aryl methyl sites for hydroxylation is 1. The van der Waals surface area contributed by atoms with Crippen LogP contribution in [0.1, 0.15) is 31.5 Å². The zero-order valence-corrected chi connectivity index (χ0v) is 13.2. The van der Waals surface area contributed by atoms with E-state index in [2.05, 4.69) is 28.8 Å². The van der Waals surface area contributed by atoms with Gasteiger partial charge in [-0.3, -0.25) is 0 Å². The van der Waals surface area contributed by atoms with Crippen LogP contribution in [-0.4, -0.2) is 16.1 Å². The van der Waals surface area contributed by atoms with Crippen LogP contribution < -0.4 is 10.1 Å². The smallest absolute Gasteiger partial charge is 0.136 e. The van der Waals surface area contributed by atoms with E-state index < -0.39 is 0 Å². The van der Waals surface area contributed by atoms with Crippen LogP contribution in [0.15, 0.2) is 18.2 Å². The summed E-state index contributed by atoms with van der Waals surface area (Å²) in [5, 5.41) is 9.16. The van der Waals surface area contributed by atoms with Crippen LogP contribution in [0.3, 0.4) is 0 Å². The second-order valence-corrected chi connectivity index (χ2v) is 5.53. The van der Waals surface area contributed by atoms with Crippen molar-refractivity contribution in [2.75, 3.05) is 11.9 Å². The molecule has 1 aromatic carbocycles. The van der Waals surface area contributed by atoms with Gasteiger partial charge in [0.25, 0.3) is 0 Å². The average molecular weight is 312 g/mol. The summed E-state index contributed by atoms with van der Waals surface area (Å²) in [7, 11) is 0. The van der Waals surface area contributed by atoms with E-state index in [1.807, 2.05) is 18.2 Å². The third-order valence-electron chi connectivity index (χ3n) is 2.86. The second-order valence-electron chi connectivity index (χ2n) is 4.37. The highest BCUT2D eigenvalue weighted by Gasteiger charge is 2.08. The van der Waals surface area contributed by atoms with Crippen molar-refractivity contribution >= 4 is 28.1 Å². The van der Waals surface area contributed by atoms with Crippen molar-refractivity contribution in [3.8, 4) is 5.75 Å². The topological polar surface area (TPSA) is 47.0 Å². The molecule has 0 radical (unpaired) electrons. The zero-order chi connectivity index (χ0) is 14.4. The lowest BCUT2D eigenvalue weighted by Crippen LogP contribution is -2.03. The van der Waals surface area contributed by atoms with Crippen molar-refractivity contribution in [3.63, 3.8) is 0 Å². The lowest BCUT2D eigenvalue weighted by molar-refractivity contribution is 0.301. The molecule has 6 heteroatoms. The highest BCUT2D eigenvalue weighted by molar-refractivity contribution is 7.10. The highest BCUT2D eigenvalue weighted by atomic mass is 35.5. The molecule has 1 heterocycles. The number of ether oxygens (including phenoxy) is 1. The first-order valence-electron chi connectivity index (χ1n) is 6.70. The predicted molar refractivity (Wildman–Crippen MR) is 83.9 cm³/mol. The maximum atomic E-state index is 6.09. The molecule has 0 bridgehead atoms. The lowest BCUT2D eigenvalue weighted by atomic mass is 10.1. The summed E-state index contributed by atoms with van der Waals surface area (Å²) in [5.41, 5.74) is 1.93. The van der Waals surface area contributed by atoms with Gasteiger partial charge in [0, 0.05) is 23.1 Å². The van der Waals surface area contributed by atoms with Crippen LogP contribution in [0, 0.1) is 0 Å². The van der Waals surface area contributed by atoms with Gasteiger partial charge in [-0.05, 0) is 36.6 Å². The molecule has 0 saturated carbocycles. The summed E-state index contributed by atoms with van der Waals surface area (Å²) < 4.78 is 9.74. The molecule has 0 atom stereocenters. The van der Waals surface area contributed by atoms with Crippen molar-refractivity contribution in [1.82, 2.24) is 9.59 Å². The minimum Gasteiger partial charge on any atom is -0.487 e. The molecule has 108 valence electrons. The van der Waals surface area contributed by atoms with E-state index in [4.69, 9.17) is 16.3 Å². The van der Waals surface area contributed by atoms with E-state index in [1.54, 1.807) is 0 Å². The molecule has 20 heavy (non-hydrogen) atoms. The maximum absolute atomic E-state index is 6.09. The van der Waals surface area contributed by atoms with E-state index in [1.165, 1.54) is 11.5 Å². The Morgan fingerprint density at radius 2 is 2.20 bits per heavy atom. The molecule has 0 spiro atoms. The molecular weight excluding hydrogens is 294 g/mol. The van der Waals surface area contributed by atoms with Crippen LogP contribution in [0.4, 0.5) is 5.00 Å². The number of hydrogen-bond donors (Lipinski definition) is 1. The number of nitrogens with zero attached hydrogens (tertiary/aromatic N) is 2. The number of hydrogen-bond acceptors (Lipinski definition) is 5. The molecule has 2 aromatic rings. The van der Waals surface area contributed by atoms with E-state index in [9.17, 15) is 0 Å². The Balaban J connectivity index is 2.00. The van der Waals surface area contributed by atoms with Gasteiger partial charge in [0.15, 0.2) is 0 Å². The van der Waals surface area contributed by atoms with Crippen molar-refractivity contribution in [2.24, 2.45) is 0 Å². The minimum absolute atomic E-state index is 0.410. The predicted octanol–water partition coefficient (Wildman–Crippen LogP) is 4.15. The fourth-order valence-electron chi connectivity index (χ4n) is 1.74. The Hall–Kier alpha value is -1.33. The van der Waals surface area contributed by atoms with E-state index in [0.29, 0.717) is 6.61 Å². The number of halogens is 1. The minimum atomic E-state index is 0.410. The first-order valence-corrected chi connectivity index (χ1v) is 7.86. The normalized spacial score (nSPS) is 10.6. The van der Waals surface area contributed by atoms with E-state index in [0.717, 1.165) is 46.4 Å².